The summed E-state index contributed by atoms with van der Waals surface area (Å²) in [5, 5.41) is 0. The van der Waals surface area contributed by atoms with Crippen molar-refractivity contribution in [2.75, 3.05) is 0 Å². The van der Waals surface area contributed by atoms with Gasteiger partial charge in [0.2, 0.25) is 0 Å². The summed E-state index contributed by atoms with van der Waals surface area (Å²) < 4.78 is 0. The van der Waals surface area contributed by atoms with Crippen molar-refractivity contribution in [3.63, 3.8) is 0 Å². The minimum atomic E-state index is 0. The van der Waals surface area contributed by atoms with Crippen LogP contribution in [0.15, 0.2) is 24.3 Å². The van der Waals surface area contributed by atoms with E-state index in [1.807, 2.05) is 12.1 Å². The van der Waals surface area contributed by atoms with Crippen molar-refractivity contribution in [2.45, 2.75) is 26.2 Å². The molecule has 0 fully saturated rings. The third kappa shape index (κ3) is 6.03. The van der Waals surface area contributed by atoms with Gasteiger partial charge in [0.15, 0.2) is 0 Å². The van der Waals surface area contributed by atoms with Crippen molar-refractivity contribution in [2.24, 2.45) is 0 Å². The third-order valence-electron chi connectivity index (χ3n) is 1.57. The fourth-order valence-corrected chi connectivity index (χ4v) is 0.953. The molecule has 0 saturated carbocycles. The number of unbranched alkanes of at least 4 members (excludes halogenated alkanes) is 1. The van der Waals surface area contributed by atoms with Crippen LogP contribution in [0.3, 0.4) is 0 Å². The van der Waals surface area contributed by atoms with E-state index in [9.17, 15) is 0 Å². The molecule has 0 atom stereocenters. The molecule has 0 amide bonds. The van der Waals surface area contributed by atoms with E-state index in [0.717, 1.165) is 0 Å². The van der Waals surface area contributed by atoms with Crippen LogP contribution in [0, 0.1) is 6.07 Å². The molecule has 0 unspecified atom stereocenters. The van der Waals surface area contributed by atoms with Crippen LogP contribution in [0.1, 0.15) is 25.3 Å². The summed E-state index contributed by atoms with van der Waals surface area (Å²) in [4.78, 5) is 0. The number of rotatable bonds is 3. The largest absolute Gasteiger partial charge is 2.00 e. The van der Waals surface area contributed by atoms with Crippen molar-refractivity contribution >= 4 is 23.1 Å². The van der Waals surface area contributed by atoms with Gasteiger partial charge in [-0.1, -0.05) is 26.2 Å². The molecule has 2 heteroatoms. The standard InChI is InChI=1S/C10H13.BrH.Mg/c1-2-3-7-10-8-5-4-6-9-10;;/h4-6,8H,2-3,7H2,1H3;1H;/q-1;;+2/p-1. The monoisotopic (exact) mass is 236 g/mol. The summed E-state index contributed by atoms with van der Waals surface area (Å²) in [5.41, 5.74) is 1.34. The van der Waals surface area contributed by atoms with Crippen LogP contribution < -0.4 is 17.0 Å². The summed E-state index contributed by atoms with van der Waals surface area (Å²) in [7, 11) is 0. The van der Waals surface area contributed by atoms with Gasteiger partial charge >= 0.3 is 23.1 Å². The zero-order chi connectivity index (χ0) is 7.23. The summed E-state index contributed by atoms with van der Waals surface area (Å²) >= 11 is 0. The summed E-state index contributed by atoms with van der Waals surface area (Å²) in [6.45, 7) is 2.21. The van der Waals surface area contributed by atoms with E-state index in [1.165, 1.54) is 24.8 Å². The Hall–Kier alpha value is 0.466. The van der Waals surface area contributed by atoms with Crippen LogP contribution in [0.2, 0.25) is 0 Å². The molecule has 0 bridgehead atoms. The minimum Gasteiger partial charge on any atom is -1.00 e. The van der Waals surface area contributed by atoms with E-state index in [1.54, 1.807) is 0 Å². The van der Waals surface area contributed by atoms with Gasteiger partial charge in [0.1, 0.15) is 0 Å². The second-order valence-electron chi connectivity index (χ2n) is 2.49. The van der Waals surface area contributed by atoms with Gasteiger partial charge in [0.05, 0.1) is 0 Å². The van der Waals surface area contributed by atoms with Crippen LogP contribution >= 0.6 is 0 Å². The van der Waals surface area contributed by atoms with Gasteiger partial charge in [-0.25, -0.2) is 0 Å². The molecular formula is C10H13BrMg. The molecule has 0 saturated heterocycles. The van der Waals surface area contributed by atoms with Crippen molar-refractivity contribution in [1.82, 2.24) is 0 Å². The molecule has 0 aromatic heterocycles. The van der Waals surface area contributed by atoms with E-state index in [0.29, 0.717) is 0 Å². The number of aryl methyl sites for hydroxylation is 1. The van der Waals surface area contributed by atoms with Crippen LogP contribution in [-0.4, -0.2) is 23.1 Å². The molecule has 1 aromatic carbocycles. The van der Waals surface area contributed by atoms with E-state index in [-0.39, 0.29) is 40.0 Å². The van der Waals surface area contributed by atoms with E-state index in [4.69, 9.17) is 0 Å². The Labute approximate surface area is 102 Å². The van der Waals surface area contributed by atoms with Gasteiger partial charge in [-0.3, -0.25) is 0 Å². The van der Waals surface area contributed by atoms with Crippen LogP contribution in [0.4, 0.5) is 0 Å². The van der Waals surface area contributed by atoms with Gasteiger partial charge in [-0.15, -0.1) is 0 Å². The Morgan fingerprint density at radius 3 is 2.58 bits per heavy atom. The van der Waals surface area contributed by atoms with Gasteiger partial charge in [0.25, 0.3) is 0 Å². The van der Waals surface area contributed by atoms with Crippen molar-refractivity contribution < 1.29 is 17.0 Å². The molecule has 0 heterocycles. The summed E-state index contributed by atoms with van der Waals surface area (Å²) in [6, 6.07) is 11.4. The number of hydrogen-bond donors (Lipinski definition) is 0. The van der Waals surface area contributed by atoms with E-state index in [2.05, 4.69) is 25.1 Å². The quantitative estimate of drug-likeness (QED) is 0.489. The molecular weight excluding hydrogens is 224 g/mol. The Balaban J connectivity index is 0. The third-order valence-corrected chi connectivity index (χ3v) is 1.57. The zero-order valence-electron chi connectivity index (χ0n) is 7.52. The fraction of sp³-hybridized carbons (Fsp3) is 0.400. The van der Waals surface area contributed by atoms with Crippen LogP contribution in [0.5, 0.6) is 0 Å². The van der Waals surface area contributed by atoms with Gasteiger partial charge in [-0.05, 0) is 0 Å². The average Bonchev–Trinajstić information content (AvgIpc) is 2.03. The molecule has 12 heavy (non-hydrogen) atoms. The molecule has 0 spiro atoms. The molecule has 0 aliphatic heterocycles. The second kappa shape index (κ2) is 9.55. The first kappa shape index (κ1) is 15.0. The normalized spacial score (nSPS) is 8.08. The molecule has 0 radical (unpaired) electrons. The molecule has 1 aromatic rings. The zero-order valence-corrected chi connectivity index (χ0v) is 10.5. The van der Waals surface area contributed by atoms with Crippen LogP contribution in [0.25, 0.3) is 0 Å². The number of hydrogen-bond acceptors (Lipinski definition) is 0. The minimum absolute atomic E-state index is 0. The maximum atomic E-state index is 3.20. The van der Waals surface area contributed by atoms with Gasteiger partial charge < -0.3 is 17.0 Å². The summed E-state index contributed by atoms with van der Waals surface area (Å²) in [6.07, 6.45) is 3.72. The molecule has 1 rings (SSSR count). The predicted octanol–water partition coefficient (Wildman–Crippen LogP) is -0.547. The predicted molar refractivity (Wildman–Crippen MR) is 49.6 cm³/mol. The molecule has 62 valence electrons. The number of benzene rings is 1. The molecule has 0 N–H and O–H groups in total. The first-order valence-corrected chi connectivity index (χ1v) is 3.89. The van der Waals surface area contributed by atoms with E-state index < -0.39 is 0 Å². The first-order valence-electron chi connectivity index (χ1n) is 3.89. The van der Waals surface area contributed by atoms with E-state index >= 15 is 0 Å². The van der Waals surface area contributed by atoms with Crippen LogP contribution in [-0.2, 0) is 6.42 Å². The SMILES string of the molecule is CCCCc1[c-]cccc1.[Br-].[Mg+2]. The fourth-order valence-electron chi connectivity index (χ4n) is 0.953. The second-order valence-corrected chi connectivity index (χ2v) is 2.49. The van der Waals surface area contributed by atoms with Crippen molar-refractivity contribution in [1.29, 1.82) is 0 Å². The smallest absolute Gasteiger partial charge is 1.00 e. The summed E-state index contributed by atoms with van der Waals surface area (Å²) in [5.74, 6) is 0. The number of halogens is 1. The Morgan fingerprint density at radius 2 is 2.08 bits per heavy atom. The average molecular weight is 237 g/mol. The Morgan fingerprint density at radius 1 is 1.33 bits per heavy atom. The van der Waals surface area contributed by atoms with Crippen molar-refractivity contribution in [3.8, 4) is 0 Å². The first-order chi connectivity index (χ1) is 4.93. The molecule has 0 aliphatic rings. The Kier molecular flexibility index (Phi) is 11.9. The maximum absolute atomic E-state index is 3.20. The van der Waals surface area contributed by atoms with Crippen molar-refractivity contribution in [3.05, 3.63) is 35.9 Å². The molecule has 0 nitrogen and oxygen atoms in total. The Bertz CT molecular complexity index is 174. The van der Waals surface area contributed by atoms with Gasteiger partial charge in [0, 0.05) is 0 Å². The molecule has 0 aliphatic carbocycles. The topological polar surface area (TPSA) is 0 Å². The maximum Gasteiger partial charge on any atom is 2.00 e. The van der Waals surface area contributed by atoms with Gasteiger partial charge in [-0.2, -0.15) is 35.9 Å².